The van der Waals surface area contributed by atoms with Gasteiger partial charge in [0.25, 0.3) is 0 Å². The number of fused-ring (bicyclic) bond motifs is 7. The van der Waals surface area contributed by atoms with E-state index in [1.165, 1.54) is 84.5 Å². The molecule has 0 aliphatic rings. The van der Waals surface area contributed by atoms with Gasteiger partial charge in [-0.3, -0.25) is 0 Å². The van der Waals surface area contributed by atoms with Gasteiger partial charge in [0.1, 0.15) is 0 Å². The maximum absolute atomic E-state index is 2.39. The van der Waals surface area contributed by atoms with E-state index in [-0.39, 0.29) is 0 Å². The van der Waals surface area contributed by atoms with Crippen molar-refractivity contribution in [3.05, 3.63) is 200 Å². The lowest BCUT2D eigenvalue weighted by Gasteiger charge is -2.26. The average molecular weight is 736 g/mol. The first kappa shape index (κ1) is 32.0. The summed E-state index contributed by atoms with van der Waals surface area (Å²) in [6.07, 6.45) is 0. The number of hydrogen-bond acceptors (Lipinski definition) is 3. The Labute approximate surface area is 327 Å². The van der Waals surface area contributed by atoms with Crippen LogP contribution in [-0.2, 0) is 0 Å². The van der Waals surface area contributed by atoms with Gasteiger partial charge in [-0.2, -0.15) is 0 Å². The molecule has 1 nitrogen and oxygen atoms in total. The van der Waals surface area contributed by atoms with Crippen LogP contribution in [0.15, 0.2) is 200 Å². The van der Waals surface area contributed by atoms with Gasteiger partial charge in [0.05, 0.1) is 0 Å². The number of anilines is 3. The molecule has 0 fully saturated rings. The molecule has 0 saturated heterocycles. The highest BCUT2D eigenvalue weighted by Crippen LogP contribution is 2.42. The molecule has 0 aliphatic carbocycles. The van der Waals surface area contributed by atoms with Crippen LogP contribution in [0.5, 0.6) is 0 Å². The Morgan fingerprint density at radius 1 is 0.273 bits per heavy atom. The quantitative estimate of drug-likeness (QED) is 0.164. The zero-order valence-corrected chi connectivity index (χ0v) is 31.4. The smallest absolute Gasteiger partial charge is 0.0476 e. The van der Waals surface area contributed by atoms with Gasteiger partial charge in [-0.25, -0.2) is 0 Å². The first-order valence-corrected chi connectivity index (χ1v) is 20.3. The molecule has 0 bridgehead atoms. The molecule has 0 radical (unpaired) electrons. The van der Waals surface area contributed by atoms with Gasteiger partial charge in [0.15, 0.2) is 0 Å². The Hall–Kier alpha value is -6.52. The third-order valence-corrected chi connectivity index (χ3v) is 13.2. The molecule has 0 N–H and O–H groups in total. The van der Waals surface area contributed by atoms with Gasteiger partial charge >= 0.3 is 0 Å². The highest BCUT2D eigenvalue weighted by atomic mass is 32.1. The van der Waals surface area contributed by atoms with E-state index in [4.69, 9.17) is 0 Å². The van der Waals surface area contributed by atoms with E-state index in [2.05, 4.69) is 205 Å². The second-order valence-electron chi connectivity index (χ2n) is 14.1. The molecule has 3 heteroatoms. The van der Waals surface area contributed by atoms with E-state index in [0.29, 0.717) is 0 Å². The van der Waals surface area contributed by atoms with Crippen molar-refractivity contribution >= 4 is 90.9 Å². The third kappa shape index (κ3) is 5.60. The van der Waals surface area contributed by atoms with E-state index < -0.39 is 0 Å². The van der Waals surface area contributed by atoms with E-state index in [9.17, 15) is 0 Å². The molecule has 0 unspecified atom stereocenters. The van der Waals surface area contributed by atoms with Gasteiger partial charge in [0.2, 0.25) is 0 Å². The first-order chi connectivity index (χ1) is 27.2. The van der Waals surface area contributed by atoms with Crippen LogP contribution in [0.4, 0.5) is 17.1 Å². The minimum Gasteiger partial charge on any atom is -0.310 e. The molecule has 2 aromatic heterocycles. The van der Waals surface area contributed by atoms with E-state index in [0.717, 1.165) is 17.1 Å². The van der Waals surface area contributed by atoms with Crippen molar-refractivity contribution in [2.24, 2.45) is 0 Å². The highest BCUT2D eigenvalue weighted by molar-refractivity contribution is 7.26. The summed E-state index contributed by atoms with van der Waals surface area (Å²) in [7, 11) is 0. The lowest BCUT2D eigenvalue weighted by atomic mass is 9.95. The maximum atomic E-state index is 2.39. The van der Waals surface area contributed by atoms with Crippen LogP contribution < -0.4 is 4.90 Å². The number of rotatable bonds is 6. The second kappa shape index (κ2) is 13.1. The Bertz CT molecular complexity index is 3200. The van der Waals surface area contributed by atoms with Crippen LogP contribution >= 0.6 is 22.7 Å². The number of benzene rings is 9. The molecule has 9 aromatic carbocycles. The van der Waals surface area contributed by atoms with E-state index >= 15 is 0 Å². The van der Waals surface area contributed by atoms with E-state index in [1.807, 2.05) is 22.7 Å². The van der Waals surface area contributed by atoms with Crippen molar-refractivity contribution in [2.45, 2.75) is 0 Å². The fourth-order valence-corrected chi connectivity index (χ4v) is 10.4. The summed E-state index contributed by atoms with van der Waals surface area (Å²) in [5, 5.41) is 7.80. The van der Waals surface area contributed by atoms with Crippen LogP contribution in [0.2, 0.25) is 0 Å². The lowest BCUT2D eigenvalue weighted by molar-refractivity contribution is 1.29. The van der Waals surface area contributed by atoms with Crippen molar-refractivity contribution in [1.29, 1.82) is 0 Å². The molecule has 0 amide bonds. The molecule has 0 spiro atoms. The minimum atomic E-state index is 1.12. The Kier molecular flexibility index (Phi) is 7.61. The number of nitrogens with zero attached hydrogens (tertiary/aromatic N) is 1. The van der Waals surface area contributed by atoms with Crippen molar-refractivity contribution in [2.75, 3.05) is 4.90 Å². The molecule has 2 heterocycles. The molecule has 55 heavy (non-hydrogen) atoms. The molecule has 258 valence electrons. The fraction of sp³-hybridized carbons (Fsp3) is 0. The summed E-state index contributed by atoms with van der Waals surface area (Å²) in [5.74, 6) is 0. The maximum Gasteiger partial charge on any atom is 0.0476 e. The van der Waals surface area contributed by atoms with Crippen molar-refractivity contribution in [1.82, 2.24) is 0 Å². The summed E-state index contributed by atoms with van der Waals surface area (Å²) in [4.78, 5) is 2.39. The summed E-state index contributed by atoms with van der Waals surface area (Å²) in [5.41, 5.74) is 10.7. The van der Waals surface area contributed by atoms with Gasteiger partial charge < -0.3 is 4.90 Å². The van der Waals surface area contributed by atoms with E-state index in [1.54, 1.807) is 0 Å². The van der Waals surface area contributed by atoms with Crippen molar-refractivity contribution in [3.63, 3.8) is 0 Å². The summed E-state index contributed by atoms with van der Waals surface area (Å²) in [6.45, 7) is 0. The predicted octanol–water partition coefficient (Wildman–Crippen LogP) is 16.0. The minimum absolute atomic E-state index is 1.12. The van der Waals surface area contributed by atoms with Gasteiger partial charge in [-0.1, -0.05) is 133 Å². The SMILES string of the molecule is c1cc(-c2ccc(N(c3ccc(-c4ccc5sc6ccccc6c5c4)cc3)c3ccc4c(c3)sc3ccccc34)cc2)cc(-c2cccc3ccccc23)c1. The monoisotopic (exact) mass is 735 g/mol. The number of thiophene rings is 2. The average Bonchev–Trinajstić information content (AvgIpc) is 3.82. The van der Waals surface area contributed by atoms with Crippen LogP contribution in [0.3, 0.4) is 0 Å². The molecular weight excluding hydrogens is 703 g/mol. The van der Waals surface area contributed by atoms with Crippen molar-refractivity contribution in [3.8, 4) is 33.4 Å². The zero-order valence-electron chi connectivity index (χ0n) is 29.8. The van der Waals surface area contributed by atoms with Gasteiger partial charge in [-0.15, -0.1) is 22.7 Å². The first-order valence-electron chi connectivity index (χ1n) is 18.7. The lowest BCUT2D eigenvalue weighted by Crippen LogP contribution is -2.09. The summed E-state index contributed by atoms with van der Waals surface area (Å²) in [6, 6.07) is 73.5. The van der Waals surface area contributed by atoms with Gasteiger partial charge in [0, 0.05) is 57.4 Å². The molecule has 11 aromatic rings. The fourth-order valence-electron chi connectivity index (χ4n) is 8.16. The Morgan fingerprint density at radius 2 is 0.782 bits per heavy atom. The number of hydrogen-bond donors (Lipinski definition) is 0. The Morgan fingerprint density at radius 3 is 1.53 bits per heavy atom. The van der Waals surface area contributed by atoms with Crippen LogP contribution in [0.25, 0.3) is 84.5 Å². The molecule has 0 aliphatic heterocycles. The Balaban J connectivity index is 0.984. The highest BCUT2D eigenvalue weighted by Gasteiger charge is 2.16. The standard InChI is InChI=1S/C52H33NS2/c1-2-13-43-36(9-1)10-8-16-44(43)39-12-7-11-37(31-39)34-19-24-40(25-20-34)53(42-28-29-47-45-14-3-5-17-49(45)55-52(47)33-42)41-26-21-35(22-27-41)38-23-30-51-48(32-38)46-15-4-6-18-50(46)54-51/h1-33H. The molecule has 0 saturated carbocycles. The second-order valence-corrected chi connectivity index (χ2v) is 16.3. The van der Waals surface area contributed by atoms with Crippen LogP contribution in [0.1, 0.15) is 0 Å². The third-order valence-electron chi connectivity index (χ3n) is 10.9. The van der Waals surface area contributed by atoms with Crippen LogP contribution in [-0.4, -0.2) is 0 Å². The van der Waals surface area contributed by atoms with Gasteiger partial charge in [-0.05, 0) is 111 Å². The summed E-state index contributed by atoms with van der Waals surface area (Å²) >= 11 is 3.72. The molecule has 11 rings (SSSR count). The largest absolute Gasteiger partial charge is 0.310 e. The zero-order chi connectivity index (χ0) is 36.3. The normalized spacial score (nSPS) is 11.6. The topological polar surface area (TPSA) is 3.24 Å². The van der Waals surface area contributed by atoms with Crippen molar-refractivity contribution < 1.29 is 0 Å². The van der Waals surface area contributed by atoms with Crippen LogP contribution in [0, 0.1) is 0 Å². The predicted molar refractivity (Wildman–Crippen MR) is 241 cm³/mol. The molecular formula is C52H33NS2. The summed E-state index contributed by atoms with van der Waals surface area (Å²) < 4.78 is 5.27. The molecule has 0 atom stereocenters.